The van der Waals surface area contributed by atoms with Crippen LogP contribution in [0.4, 0.5) is 0 Å². The number of rotatable bonds is 4. The molecule has 2 heterocycles. The summed E-state index contributed by atoms with van der Waals surface area (Å²) in [4.78, 5) is 26.2. The Morgan fingerprint density at radius 1 is 1.23 bits per heavy atom. The highest BCUT2D eigenvalue weighted by Gasteiger charge is 2.51. The summed E-state index contributed by atoms with van der Waals surface area (Å²) in [5, 5.41) is 17.4. The van der Waals surface area contributed by atoms with Gasteiger partial charge in [-0.3, -0.25) is 14.3 Å². The minimum Gasteiger partial charge on any atom is -0.394 e. The van der Waals surface area contributed by atoms with E-state index in [0.717, 1.165) is 17.8 Å². The smallest absolute Gasteiger partial charge is 0.330 e. The molecule has 4 saturated carbocycles. The van der Waals surface area contributed by atoms with E-state index in [4.69, 9.17) is 17.0 Å². The highest BCUT2D eigenvalue weighted by atomic mass is 32.1. The number of thiocarbonyl (C=S) groups is 1. The van der Waals surface area contributed by atoms with Crippen molar-refractivity contribution >= 4 is 17.3 Å². The number of aromatic amines is 1. The number of hydrogen-bond donors (Lipinski definition) is 4. The van der Waals surface area contributed by atoms with Gasteiger partial charge in [0.1, 0.15) is 12.3 Å². The minimum atomic E-state index is -0.565. The Hall–Kier alpha value is -1.71. The standard InChI is InChI=1S/C21H30N4O4S/c1-11-9-25(20(28)23-18(11)27)17-5-15(16(10-26)29-17)22-19(30)24-21-6-12-2-13(7-21)4-14(3-12)8-21/h9,12-17,26H,2-8,10H2,1H3,(H2,22,24,30)(H,23,27,28)/t12?,13?,14?,15-,16+,17+,21?/m0/s1. The molecule has 0 aromatic carbocycles. The maximum atomic E-state index is 12.2. The van der Waals surface area contributed by atoms with Gasteiger partial charge in [0.25, 0.3) is 5.56 Å². The summed E-state index contributed by atoms with van der Waals surface area (Å²) < 4.78 is 7.31. The molecule has 164 valence electrons. The predicted molar refractivity (Wildman–Crippen MR) is 115 cm³/mol. The second-order valence-corrected chi connectivity index (χ2v) is 10.3. The van der Waals surface area contributed by atoms with Gasteiger partial charge in [-0.25, -0.2) is 4.79 Å². The summed E-state index contributed by atoms with van der Waals surface area (Å²) >= 11 is 5.67. The first-order valence-corrected chi connectivity index (χ1v) is 11.4. The molecule has 4 N–H and O–H groups in total. The summed E-state index contributed by atoms with van der Waals surface area (Å²) in [6.07, 6.45) is 8.64. The summed E-state index contributed by atoms with van der Waals surface area (Å²) in [6, 6.07) is -0.215. The Labute approximate surface area is 180 Å². The Morgan fingerprint density at radius 3 is 2.47 bits per heavy atom. The van der Waals surface area contributed by atoms with Crippen LogP contribution >= 0.6 is 12.2 Å². The predicted octanol–water partition coefficient (Wildman–Crippen LogP) is 0.926. The first-order valence-electron chi connectivity index (χ1n) is 11.0. The van der Waals surface area contributed by atoms with E-state index in [1.165, 1.54) is 49.3 Å². The van der Waals surface area contributed by atoms with Gasteiger partial charge >= 0.3 is 5.69 Å². The SMILES string of the molecule is Cc1cn([C@H]2C[C@H](NC(=S)NC34CC5CC(CC(C5)C3)C4)[C@@H](CO)O2)c(=O)[nH]c1=O. The molecule has 5 aliphatic rings. The largest absolute Gasteiger partial charge is 0.394 e. The minimum absolute atomic E-state index is 0.110. The lowest BCUT2D eigenvalue weighted by molar-refractivity contribution is -0.0285. The van der Waals surface area contributed by atoms with E-state index in [1.54, 1.807) is 6.92 Å². The second kappa shape index (κ2) is 7.46. The normalized spacial score (nSPS) is 39.3. The summed E-state index contributed by atoms with van der Waals surface area (Å²) in [5.74, 6) is 2.48. The quantitative estimate of drug-likeness (QED) is 0.522. The number of hydrogen-bond acceptors (Lipinski definition) is 5. The van der Waals surface area contributed by atoms with E-state index in [9.17, 15) is 14.7 Å². The molecular weight excluding hydrogens is 404 g/mol. The third kappa shape index (κ3) is 3.61. The van der Waals surface area contributed by atoms with Crippen molar-refractivity contribution in [3.05, 3.63) is 32.6 Å². The van der Waals surface area contributed by atoms with Crippen molar-refractivity contribution in [1.29, 1.82) is 0 Å². The first-order chi connectivity index (χ1) is 14.3. The first kappa shape index (κ1) is 20.2. The molecule has 5 fully saturated rings. The molecule has 0 amide bonds. The van der Waals surface area contributed by atoms with Crippen LogP contribution in [0.1, 0.15) is 56.7 Å². The van der Waals surface area contributed by atoms with Crippen molar-refractivity contribution in [2.75, 3.05) is 6.61 Å². The van der Waals surface area contributed by atoms with Gasteiger partial charge < -0.3 is 20.5 Å². The van der Waals surface area contributed by atoms with Gasteiger partial charge in [0.15, 0.2) is 5.11 Å². The fourth-order valence-electron chi connectivity index (χ4n) is 6.73. The van der Waals surface area contributed by atoms with Crippen LogP contribution in [0.15, 0.2) is 15.8 Å². The molecule has 4 aliphatic carbocycles. The molecule has 0 radical (unpaired) electrons. The van der Waals surface area contributed by atoms with Crippen LogP contribution in [0.5, 0.6) is 0 Å². The summed E-state index contributed by atoms with van der Waals surface area (Å²) in [5.41, 5.74) is -0.362. The van der Waals surface area contributed by atoms with Crippen LogP contribution < -0.4 is 21.9 Å². The monoisotopic (exact) mass is 434 g/mol. The molecule has 9 heteroatoms. The van der Waals surface area contributed by atoms with Crippen LogP contribution in [-0.2, 0) is 4.74 Å². The Morgan fingerprint density at radius 2 is 1.87 bits per heavy atom. The molecule has 6 rings (SSSR count). The topological polar surface area (TPSA) is 108 Å². The highest BCUT2D eigenvalue weighted by Crippen LogP contribution is 2.55. The number of ether oxygens (including phenoxy) is 1. The van der Waals surface area contributed by atoms with Crippen LogP contribution in [0.2, 0.25) is 0 Å². The van der Waals surface area contributed by atoms with Gasteiger partial charge in [-0.2, -0.15) is 0 Å². The third-order valence-corrected chi connectivity index (χ3v) is 7.83. The zero-order chi connectivity index (χ0) is 21.0. The van der Waals surface area contributed by atoms with Gasteiger partial charge in [-0.05, 0) is 75.4 Å². The maximum Gasteiger partial charge on any atom is 0.330 e. The van der Waals surface area contributed by atoms with Gasteiger partial charge in [0.2, 0.25) is 0 Å². The van der Waals surface area contributed by atoms with Crippen molar-refractivity contribution in [1.82, 2.24) is 20.2 Å². The number of H-pyrrole nitrogens is 1. The molecule has 1 aromatic heterocycles. The number of nitrogens with one attached hydrogen (secondary N) is 3. The van der Waals surface area contributed by atoms with Crippen LogP contribution in [0.3, 0.4) is 0 Å². The zero-order valence-electron chi connectivity index (χ0n) is 17.2. The average Bonchev–Trinajstić information content (AvgIpc) is 3.05. The summed E-state index contributed by atoms with van der Waals surface area (Å²) in [7, 11) is 0. The van der Waals surface area contributed by atoms with Gasteiger partial charge in [0.05, 0.1) is 12.6 Å². The van der Waals surface area contributed by atoms with Crippen molar-refractivity contribution < 1.29 is 9.84 Å². The number of aliphatic hydroxyl groups is 1. The lowest BCUT2D eigenvalue weighted by atomic mass is 9.53. The van der Waals surface area contributed by atoms with Crippen LogP contribution in [0.25, 0.3) is 0 Å². The fourth-order valence-corrected chi connectivity index (χ4v) is 7.10. The molecule has 1 saturated heterocycles. The maximum absolute atomic E-state index is 12.2. The van der Waals surface area contributed by atoms with Gasteiger partial charge in [0, 0.05) is 23.7 Å². The lowest BCUT2D eigenvalue weighted by Gasteiger charge is -2.57. The Bertz CT molecular complexity index is 922. The number of aliphatic hydroxyl groups excluding tert-OH is 1. The third-order valence-electron chi connectivity index (χ3n) is 7.61. The number of nitrogens with zero attached hydrogens (tertiary/aromatic N) is 1. The number of aromatic nitrogens is 2. The van der Waals surface area contributed by atoms with Crippen molar-refractivity contribution in [2.45, 2.75) is 75.8 Å². The molecule has 8 nitrogen and oxygen atoms in total. The molecule has 1 aliphatic heterocycles. The zero-order valence-corrected chi connectivity index (χ0v) is 18.0. The van der Waals surface area contributed by atoms with Crippen molar-refractivity contribution in [3.63, 3.8) is 0 Å². The van der Waals surface area contributed by atoms with Crippen LogP contribution in [0, 0.1) is 24.7 Å². The van der Waals surface area contributed by atoms with Crippen molar-refractivity contribution in [2.24, 2.45) is 17.8 Å². The van der Waals surface area contributed by atoms with E-state index < -0.39 is 23.6 Å². The van der Waals surface area contributed by atoms with E-state index >= 15 is 0 Å². The molecule has 4 bridgehead atoms. The molecule has 1 aromatic rings. The van der Waals surface area contributed by atoms with E-state index in [1.807, 2.05) is 0 Å². The average molecular weight is 435 g/mol. The van der Waals surface area contributed by atoms with E-state index in [-0.39, 0.29) is 18.2 Å². The summed E-state index contributed by atoms with van der Waals surface area (Å²) in [6.45, 7) is 1.47. The second-order valence-electron chi connectivity index (χ2n) is 9.93. The molecular formula is C21H30N4O4S. The van der Waals surface area contributed by atoms with Crippen molar-refractivity contribution in [3.8, 4) is 0 Å². The molecule has 3 atom stereocenters. The molecule has 0 spiro atoms. The van der Waals surface area contributed by atoms with Crippen LogP contribution in [-0.4, -0.2) is 44.1 Å². The lowest BCUT2D eigenvalue weighted by Crippen LogP contribution is -2.62. The van der Waals surface area contributed by atoms with Gasteiger partial charge in [-0.1, -0.05) is 0 Å². The van der Waals surface area contributed by atoms with E-state index in [0.29, 0.717) is 17.1 Å². The number of aryl methyl sites for hydroxylation is 1. The Kier molecular flexibility index (Phi) is 5.02. The van der Waals surface area contributed by atoms with E-state index in [2.05, 4.69) is 15.6 Å². The molecule has 0 unspecified atom stereocenters. The molecule has 30 heavy (non-hydrogen) atoms. The van der Waals surface area contributed by atoms with Gasteiger partial charge in [-0.15, -0.1) is 0 Å². The highest BCUT2D eigenvalue weighted by molar-refractivity contribution is 7.80. The Balaban J connectivity index is 1.27. The fraction of sp³-hybridized carbons (Fsp3) is 0.762.